The van der Waals surface area contributed by atoms with Crippen LogP contribution in [-0.4, -0.2) is 19.8 Å². The molecule has 0 aromatic heterocycles. The van der Waals surface area contributed by atoms with Crippen molar-refractivity contribution in [2.24, 2.45) is 5.73 Å². The summed E-state index contributed by atoms with van der Waals surface area (Å²) < 4.78 is 10.3. The zero-order valence-corrected chi connectivity index (χ0v) is 10.1. The normalized spacial score (nSPS) is 10.3. The fourth-order valence-electron chi connectivity index (χ4n) is 1.14. The van der Waals surface area contributed by atoms with Crippen LogP contribution in [0.5, 0.6) is 11.5 Å². The monoisotopic (exact) mass is 219 g/mol. The van der Waals surface area contributed by atoms with Gasteiger partial charge in [-0.3, -0.25) is 0 Å². The van der Waals surface area contributed by atoms with Crippen molar-refractivity contribution >= 4 is 0 Å². The highest BCUT2D eigenvalue weighted by atomic mass is 16.5. The second-order valence-corrected chi connectivity index (χ2v) is 4.04. The van der Waals surface area contributed by atoms with Crippen molar-refractivity contribution < 1.29 is 9.47 Å². The first-order chi connectivity index (χ1) is 7.46. The zero-order chi connectivity index (χ0) is 12.2. The first-order valence-corrected chi connectivity index (χ1v) is 5.00. The minimum absolute atomic E-state index is 0.520. The minimum Gasteiger partial charge on any atom is -0.497 e. The molecule has 1 aromatic carbocycles. The molecule has 2 N–H and O–H groups in total. The molecular formula is C13H17NO2. The minimum atomic E-state index is -0.520. The molecule has 0 aliphatic rings. The van der Waals surface area contributed by atoms with Gasteiger partial charge in [0.1, 0.15) is 11.5 Å². The Labute approximate surface area is 96.6 Å². The van der Waals surface area contributed by atoms with Gasteiger partial charge in [-0.25, -0.2) is 0 Å². The number of nitrogens with two attached hydrogens (primary N) is 1. The van der Waals surface area contributed by atoms with Crippen molar-refractivity contribution in [1.29, 1.82) is 0 Å². The first-order valence-electron chi connectivity index (χ1n) is 5.00. The number of hydrogen-bond donors (Lipinski definition) is 1. The van der Waals surface area contributed by atoms with Gasteiger partial charge < -0.3 is 15.2 Å². The number of rotatable bonds is 2. The topological polar surface area (TPSA) is 44.5 Å². The molecule has 0 saturated carbocycles. The van der Waals surface area contributed by atoms with Crippen molar-refractivity contribution in [2.75, 3.05) is 14.2 Å². The third-order valence-corrected chi connectivity index (χ3v) is 1.93. The van der Waals surface area contributed by atoms with E-state index < -0.39 is 5.54 Å². The SMILES string of the molecule is COc1ccc(OC)c(C#CC(C)(C)N)c1. The molecule has 0 bridgehead atoms. The molecule has 0 aliphatic carbocycles. The number of ether oxygens (including phenoxy) is 2. The standard InChI is InChI=1S/C13H17NO2/c1-13(2,14)8-7-10-9-11(15-3)5-6-12(10)16-4/h5-6,9H,14H2,1-4H3. The lowest BCUT2D eigenvalue weighted by atomic mass is 10.1. The fourth-order valence-corrected chi connectivity index (χ4v) is 1.14. The first kappa shape index (κ1) is 12.4. The summed E-state index contributed by atoms with van der Waals surface area (Å²) in [6.07, 6.45) is 0. The molecule has 0 saturated heterocycles. The maximum Gasteiger partial charge on any atom is 0.134 e. The summed E-state index contributed by atoms with van der Waals surface area (Å²) in [4.78, 5) is 0. The Hall–Kier alpha value is -1.66. The predicted molar refractivity (Wildman–Crippen MR) is 64.7 cm³/mol. The van der Waals surface area contributed by atoms with E-state index in [1.165, 1.54) is 0 Å². The zero-order valence-electron chi connectivity index (χ0n) is 10.1. The van der Waals surface area contributed by atoms with E-state index in [2.05, 4.69) is 11.8 Å². The van der Waals surface area contributed by atoms with Gasteiger partial charge in [0.2, 0.25) is 0 Å². The van der Waals surface area contributed by atoms with Crippen LogP contribution in [0.25, 0.3) is 0 Å². The molecule has 16 heavy (non-hydrogen) atoms. The highest BCUT2D eigenvalue weighted by Crippen LogP contribution is 2.22. The van der Waals surface area contributed by atoms with Crippen LogP contribution in [0.4, 0.5) is 0 Å². The van der Waals surface area contributed by atoms with Crippen molar-refractivity contribution in [3.05, 3.63) is 23.8 Å². The predicted octanol–water partition coefficient (Wildman–Crippen LogP) is 1.79. The Bertz CT molecular complexity index is 422. The van der Waals surface area contributed by atoms with Gasteiger partial charge >= 0.3 is 0 Å². The molecule has 0 atom stereocenters. The van der Waals surface area contributed by atoms with Gasteiger partial charge in [-0.2, -0.15) is 0 Å². The van der Waals surface area contributed by atoms with Crippen molar-refractivity contribution in [1.82, 2.24) is 0 Å². The van der Waals surface area contributed by atoms with Crippen LogP contribution < -0.4 is 15.2 Å². The number of hydrogen-bond acceptors (Lipinski definition) is 3. The van der Waals surface area contributed by atoms with E-state index >= 15 is 0 Å². The highest BCUT2D eigenvalue weighted by Gasteiger charge is 2.06. The van der Waals surface area contributed by atoms with E-state index in [1.54, 1.807) is 14.2 Å². The Kier molecular flexibility index (Phi) is 3.81. The van der Waals surface area contributed by atoms with Gasteiger partial charge in [0.25, 0.3) is 0 Å². The van der Waals surface area contributed by atoms with Gasteiger partial charge in [0.05, 0.1) is 25.3 Å². The lowest BCUT2D eigenvalue weighted by Crippen LogP contribution is -2.29. The Morgan fingerprint density at radius 1 is 1.19 bits per heavy atom. The lowest BCUT2D eigenvalue weighted by molar-refractivity contribution is 0.402. The van der Waals surface area contributed by atoms with E-state index in [9.17, 15) is 0 Å². The lowest BCUT2D eigenvalue weighted by Gasteiger charge is -2.09. The summed E-state index contributed by atoms with van der Waals surface area (Å²) in [7, 11) is 3.23. The molecule has 0 heterocycles. The molecule has 0 unspecified atom stereocenters. The third kappa shape index (κ3) is 3.48. The third-order valence-electron chi connectivity index (χ3n) is 1.93. The highest BCUT2D eigenvalue weighted by molar-refractivity contribution is 5.50. The van der Waals surface area contributed by atoms with Crippen LogP contribution in [0, 0.1) is 11.8 Å². The summed E-state index contributed by atoms with van der Waals surface area (Å²) in [5.74, 6) is 7.43. The molecule has 3 heteroatoms. The summed E-state index contributed by atoms with van der Waals surface area (Å²) in [6.45, 7) is 3.71. The Balaban J connectivity index is 3.13. The molecule has 0 amide bonds. The van der Waals surface area contributed by atoms with Crippen molar-refractivity contribution in [2.45, 2.75) is 19.4 Å². The van der Waals surface area contributed by atoms with Crippen LogP contribution in [-0.2, 0) is 0 Å². The van der Waals surface area contributed by atoms with Crippen LogP contribution >= 0.6 is 0 Å². The molecular weight excluding hydrogens is 202 g/mol. The average Bonchev–Trinajstić information content (AvgIpc) is 2.25. The van der Waals surface area contributed by atoms with E-state index in [0.29, 0.717) is 0 Å². The molecule has 3 nitrogen and oxygen atoms in total. The Morgan fingerprint density at radius 2 is 1.88 bits per heavy atom. The maximum atomic E-state index is 5.80. The van der Waals surface area contributed by atoms with E-state index in [-0.39, 0.29) is 0 Å². The second-order valence-electron chi connectivity index (χ2n) is 4.04. The van der Waals surface area contributed by atoms with Gasteiger partial charge in [-0.15, -0.1) is 0 Å². The van der Waals surface area contributed by atoms with Gasteiger partial charge in [-0.05, 0) is 32.0 Å². The van der Waals surface area contributed by atoms with Gasteiger partial charge in [-0.1, -0.05) is 11.8 Å². The largest absolute Gasteiger partial charge is 0.497 e. The molecule has 86 valence electrons. The van der Waals surface area contributed by atoms with Crippen LogP contribution in [0.15, 0.2) is 18.2 Å². The van der Waals surface area contributed by atoms with E-state index in [0.717, 1.165) is 17.1 Å². The number of benzene rings is 1. The second kappa shape index (κ2) is 4.91. The Morgan fingerprint density at radius 3 is 2.38 bits per heavy atom. The van der Waals surface area contributed by atoms with Crippen LogP contribution in [0.1, 0.15) is 19.4 Å². The van der Waals surface area contributed by atoms with Gasteiger partial charge in [0, 0.05) is 0 Å². The fraction of sp³-hybridized carbons (Fsp3) is 0.385. The van der Waals surface area contributed by atoms with Crippen molar-refractivity contribution in [3.8, 4) is 23.3 Å². The summed E-state index contributed by atoms with van der Waals surface area (Å²) >= 11 is 0. The molecule has 0 radical (unpaired) electrons. The maximum absolute atomic E-state index is 5.80. The van der Waals surface area contributed by atoms with Crippen LogP contribution in [0.3, 0.4) is 0 Å². The smallest absolute Gasteiger partial charge is 0.134 e. The van der Waals surface area contributed by atoms with Crippen LogP contribution in [0.2, 0.25) is 0 Å². The van der Waals surface area contributed by atoms with Crippen molar-refractivity contribution in [3.63, 3.8) is 0 Å². The molecule has 0 spiro atoms. The van der Waals surface area contributed by atoms with E-state index in [1.807, 2.05) is 32.0 Å². The number of methoxy groups -OCH3 is 2. The molecule has 0 aliphatic heterocycles. The molecule has 1 aromatic rings. The average molecular weight is 219 g/mol. The molecule has 0 fully saturated rings. The summed E-state index contributed by atoms with van der Waals surface area (Å²) in [5, 5.41) is 0. The quantitative estimate of drug-likeness (QED) is 0.771. The summed E-state index contributed by atoms with van der Waals surface area (Å²) in [5.41, 5.74) is 6.06. The van der Waals surface area contributed by atoms with Gasteiger partial charge in [0.15, 0.2) is 0 Å². The molecule has 1 rings (SSSR count). The van der Waals surface area contributed by atoms with E-state index in [4.69, 9.17) is 15.2 Å². The summed E-state index contributed by atoms with van der Waals surface area (Å²) in [6, 6.07) is 5.49.